The van der Waals surface area contributed by atoms with E-state index in [-0.39, 0.29) is 35.0 Å². The maximum absolute atomic E-state index is 9.85. The third-order valence-corrected chi connectivity index (χ3v) is 0.798. The Labute approximate surface area is 81.1 Å². The molecule has 0 amide bonds. The molecule has 0 aliphatic heterocycles. The second kappa shape index (κ2) is 6.89. The van der Waals surface area contributed by atoms with Gasteiger partial charge in [-0.15, -0.1) is 17.7 Å². The largest absolute Gasteiger partial charge is 1.00 e. The summed E-state index contributed by atoms with van der Waals surface area (Å²) in [6.07, 6.45) is 4.85. The molecule has 1 aromatic rings. The van der Waals surface area contributed by atoms with Gasteiger partial charge in [-0.05, 0) is 12.4 Å². The maximum atomic E-state index is 9.85. The fourth-order valence-electron chi connectivity index (χ4n) is 0.420. The zero-order chi connectivity index (χ0) is 5.82. The van der Waals surface area contributed by atoms with Gasteiger partial charge in [0.05, 0.1) is 6.29 Å². The minimum Gasteiger partial charge on any atom is -0.870 e. The molecule has 4 heteroatoms. The zero-order valence-corrected chi connectivity index (χ0v) is 7.61. The molecule has 48 valence electrons. The molecule has 0 radical (unpaired) electrons. The van der Waals surface area contributed by atoms with E-state index in [1.54, 1.807) is 30.8 Å². The van der Waals surface area contributed by atoms with Gasteiger partial charge >= 0.3 is 29.6 Å². The van der Waals surface area contributed by atoms with Crippen LogP contribution in [0.15, 0.2) is 24.5 Å². The summed E-state index contributed by atoms with van der Waals surface area (Å²) in [4.78, 5) is 13.6. The molecule has 1 aromatic heterocycles. The number of hydrogen-bond acceptors (Lipinski definition) is 3. The Bertz CT molecular complexity index is 178. The maximum Gasteiger partial charge on any atom is 1.00 e. The summed E-state index contributed by atoms with van der Waals surface area (Å²) in [5, 5.41) is 0. The molecule has 0 aromatic carbocycles. The van der Waals surface area contributed by atoms with Crippen LogP contribution in [-0.4, -0.2) is 16.7 Å². The first-order valence-corrected chi connectivity index (χ1v) is 2.21. The van der Waals surface area contributed by atoms with Gasteiger partial charge in [-0.2, -0.15) is 0 Å². The summed E-state index contributed by atoms with van der Waals surface area (Å²) in [7, 11) is 0. The molecule has 1 heterocycles. The number of pyridine rings is 1. The molecular weight excluding hydrogens is 141 g/mol. The fourth-order valence-corrected chi connectivity index (χ4v) is 0.420. The fraction of sp³-hybridized carbons (Fsp3) is 0. The van der Waals surface area contributed by atoms with Crippen molar-refractivity contribution in [2.24, 2.45) is 0 Å². The average molecular weight is 146 g/mol. The van der Waals surface area contributed by atoms with Crippen molar-refractivity contribution in [3.63, 3.8) is 0 Å². The summed E-state index contributed by atoms with van der Waals surface area (Å²) in [6.45, 7) is 0. The third-order valence-electron chi connectivity index (χ3n) is 0.798. The van der Waals surface area contributed by atoms with Crippen LogP contribution in [0.3, 0.4) is 0 Å². The molecule has 10 heavy (non-hydrogen) atoms. The van der Waals surface area contributed by atoms with E-state index < -0.39 is 0 Å². The molecule has 1 N–H and O–H groups in total. The molecule has 1 rings (SSSR count). The van der Waals surface area contributed by atoms with E-state index in [9.17, 15) is 4.79 Å². The molecule has 0 aliphatic carbocycles. The molecule has 0 unspecified atom stereocenters. The summed E-state index contributed by atoms with van der Waals surface area (Å²) < 4.78 is 0. The predicted octanol–water partition coefficient (Wildman–Crippen LogP) is -2.63. The quantitative estimate of drug-likeness (QED) is 0.321. The van der Waals surface area contributed by atoms with Crippen LogP contribution >= 0.6 is 0 Å². The summed E-state index contributed by atoms with van der Waals surface area (Å²) in [5.41, 5.74) is 0.542. The standard InChI is InChI=1S/C6H4NO.Na.H2O/c8-5-6-1-3-7-4-2-6;;/h1-4H;;1H2/q-1;+1;/p-1. The van der Waals surface area contributed by atoms with Crippen molar-refractivity contribution in [3.05, 3.63) is 30.1 Å². The van der Waals surface area contributed by atoms with Crippen molar-refractivity contribution in [2.75, 3.05) is 0 Å². The average Bonchev–Trinajstić information content (AvgIpc) is 1.90. The number of carbonyl (C=O) groups excluding carboxylic acids is 1. The minimum absolute atomic E-state index is 0. The van der Waals surface area contributed by atoms with Crippen molar-refractivity contribution < 1.29 is 39.8 Å². The second-order valence-corrected chi connectivity index (χ2v) is 1.34. The monoisotopic (exact) mass is 146 g/mol. The van der Waals surface area contributed by atoms with Gasteiger partial charge in [0.25, 0.3) is 0 Å². The Morgan fingerprint density at radius 3 is 2.10 bits per heavy atom. The first-order valence-electron chi connectivity index (χ1n) is 2.21. The van der Waals surface area contributed by atoms with Crippen LogP contribution < -0.4 is 29.6 Å². The summed E-state index contributed by atoms with van der Waals surface area (Å²) in [6, 6.07) is 3.21. The molecule has 0 saturated heterocycles. The molecule has 0 aliphatic rings. The Hall–Kier alpha value is -0.220. The molecule has 0 bridgehead atoms. The van der Waals surface area contributed by atoms with Gasteiger partial charge in [-0.25, -0.2) is 0 Å². The van der Waals surface area contributed by atoms with Gasteiger partial charge in [0.15, 0.2) is 0 Å². The van der Waals surface area contributed by atoms with E-state index in [0.29, 0.717) is 5.56 Å². The van der Waals surface area contributed by atoms with Crippen LogP contribution in [-0.2, 0) is 4.79 Å². The SMILES string of the molecule is O=[C-]c1ccncc1.[Na+].[OH-]. The van der Waals surface area contributed by atoms with Crippen molar-refractivity contribution in [3.8, 4) is 0 Å². The van der Waals surface area contributed by atoms with E-state index in [2.05, 4.69) is 4.98 Å². The second-order valence-electron chi connectivity index (χ2n) is 1.34. The van der Waals surface area contributed by atoms with Crippen LogP contribution in [0, 0.1) is 0 Å². The van der Waals surface area contributed by atoms with Gasteiger partial charge in [-0.1, -0.05) is 0 Å². The molecule has 0 saturated carbocycles. The van der Waals surface area contributed by atoms with Crippen LogP contribution in [0.25, 0.3) is 0 Å². The third kappa shape index (κ3) is 3.74. The van der Waals surface area contributed by atoms with Gasteiger partial charge in [-0.3, -0.25) is 4.98 Å². The van der Waals surface area contributed by atoms with E-state index in [1.807, 2.05) is 0 Å². The Morgan fingerprint density at radius 2 is 1.80 bits per heavy atom. The number of aromatic nitrogens is 1. The van der Waals surface area contributed by atoms with E-state index >= 15 is 0 Å². The minimum atomic E-state index is 0. The number of nitrogens with zero attached hydrogens (tertiary/aromatic N) is 1. The zero-order valence-electron chi connectivity index (χ0n) is 5.61. The Balaban J connectivity index is 0. The van der Waals surface area contributed by atoms with E-state index in [4.69, 9.17) is 0 Å². The van der Waals surface area contributed by atoms with Gasteiger partial charge < -0.3 is 10.3 Å². The van der Waals surface area contributed by atoms with Gasteiger partial charge in [0.1, 0.15) is 0 Å². The van der Waals surface area contributed by atoms with E-state index in [1.165, 1.54) is 0 Å². The first-order chi connectivity index (χ1) is 3.93. The van der Waals surface area contributed by atoms with E-state index in [0.717, 1.165) is 0 Å². The molecule has 0 spiro atoms. The molecule has 0 fully saturated rings. The molecular formula is C6H5NNaO2-. The summed E-state index contributed by atoms with van der Waals surface area (Å²) in [5.74, 6) is 0. The Morgan fingerprint density at radius 1 is 1.30 bits per heavy atom. The van der Waals surface area contributed by atoms with Crippen LogP contribution in [0.4, 0.5) is 0 Å². The predicted molar refractivity (Wildman–Crippen MR) is 31.0 cm³/mol. The topological polar surface area (TPSA) is 60.0 Å². The van der Waals surface area contributed by atoms with Gasteiger partial charge in [0.2, 0.25) is 0 Å². The van der Waals surface area contributed by atoms with Crippen molar-refractivity contribution >= 4 is 6.29 Å². The normalized spacial score (nSPS) is 6.80. The van der Waals surface area contributed by atoms with Crippen molar-refractivity contribution in [1.29, 1.82) is 0 Å². The number of hydrogen-bond donors (Lipinski definition) is 0. The Kier molecular flexibility index (Phi) is 8.59. The number of rotatable bonds is 1. The van der Waals surface area contributed by atoms with Crippen molar-refractivity contribution in [2.45, 2.75) is 0 Å². The van der Waals surface area contributed by atoms with Crippen LogP contribution in [0.1, 0.15) is 5.56 Å². The smallest absolute Gasteiger partial charge is 0.870 e. The molecule has 0 atom stereocenters. The molecule has 3 nitrogen and oxygen atoms in total. The van der Waals surface area contributed by atoms with Crippen LogP contribution in [0.5, 0.6) is 0 Å². The van der Waals surface area contributed by atoms with Crippen molar-refractivity contribution in [1.82, 2.24) is 4.98 Å². The van der Waals surface area contributed by atoms with Crippen LogP contribution in [0.2, 0.25) is 0 Å². The summed E-state index contributed by atoms with van der Waals surface area (Å²) >= 11 is 0. The first kappa shape index (κ1) is 12.5. The van der Waals surface area contributed by atoms with Gasteiger partial charge in [0, 0.05) is 0 Å².